The van der Waals surface area contributed by atoms with Crippen molar-refractivity contribution in [3.63, 3.8) is 0 Å². The van der Waals surface area contributed by atoms with Crippen LogP contribution in [0.2, 0.25) is 0 Å². The Hall–Kier alpha value is -1.15. The normalized spacial score (nSPS) is 27.6. The fraction of sp³-hybridized carbons (Fsp3) is 0.417. The number of hydrogen-bond donors (Lipinski definition) is 1. The van der Waals surface area contributed by atoms with E-state index in [2.05, 4.69) is 0 Å². The highest BCUT2D eigenvalue weighted by molar-refractivity contribution is 5.90. The fourth-order valence-electron chi connectivity index (χ4n) is 2.09. The molecule has 1 saturated carbocycles. The Morgan fingerprint density at radius 1 is 1.14 bits per heavy atom. The van der Waals surface area contributed by atoms with Gasteiger partial charge in [0.1, 0.15) is 5.54 Å². The fourth-order valence-corrected chi connectivity index (χ4v) is 2.09. The van der Waals surface area contributed by atoms with E-state index in [1.165, 1.54) is 0 Å². The van der Waals surface area contributed by atoms with E-state index in [0.717, 1.165) is 24.8 Å². The molecule has 0 bridgehead atoms. The van der Waals surface area contributed by atoms with Crippen LogP contribution in [0.1, 0.15) is 31.2 Å². The van der Waals surface area contributed by atoms with Gasteiger partial charge in [-0.2, -0.15) is 0 Å². The molecule has 1 aromatic rings. The lowest BCUT2D eigenvalue weighted by Gasteiger charge is -2.32. The molecule has 2 rings (SSSR count). The lowest BCUT2D eigenvalue weighted by Crippen LogP contribution is -2.46. The van der Waals surface area contributed by atoms with E-state index >= 15 is 0 Å². The average Bonchev–Trinajstić information content (AvgIpc) is 2.24. The summed E-state index contributed by atoms with van der Waals surface area (Å²) in [6.45, 7) is 0. The van der Waals surface area contributed by atoms with Crippen molar-refractivity contribution in [1.82, 2.24) is 0 Å². The number of hydrogen-bond acceptors (Lipinski definition) is 2. The van der Waals surface area contributed by atoms with E-state index in [9.17, 15) is 4.79 Å². The standard InChI is InChI=1S/C12H15NO/c13-12(9-5-4-8-11(12)14)10-6-2-1-3-7-10/h1-3,6-7H,4-5,8-9,13H2. The van der Waals surface area contributed by atoms with E-state index in [4.69, 9.17) is 5.73 Å². The van der Waals surface area contributed by atoms with E-state index < -0.39 is 5.54 Å². The van der Waals surface area contributed by atoms with Crippen molar-refractivity contribution in [2.75, 3.05) is 0 Å². The summed E-state index contributed by atoms with van der Waals surface area (Å²) in [7, 11) is 0. The van der Waals surface area contributed by atoms with E-state index in [-0.39, 0.29) is 5.78 Å². The molecule has 0 aromatic heterocycles. The molecule has 1 atom stereocenters. The zero-order chi connectivity index (χ0) is 10.0. The number of rotatable bonds is 1. The van der Waals surface area contributed by atoms with Crippen LogP contribution in [0.15, 0.2) is 30.3 Å². The van der Waals surface area contributed by atoms with Gasteiger partial charge in [0.25, 0.3) is 0 Å². The zero-order valence-corrected chi connectivity index (χ0v) is 8.20. The van der Waals surface area contributed by atoms with Crippen LogP contribution in [0.3, 0.4) is 0 Å². The minimum atomic E-state index is -0.709. The molecule has 0 heterocycles. The third kappa shape index (κ3) is 1.46. The van der Waals surface area contributed by atoms with Crippen LogP contribution in [-0.4, -0.2) is 5.78 Å². The molecule has 14 heavy (non-hydrogen) atoms. The Bertz CT molecular complexity index is 333. The van der Waals surface area contributed by atoms with Gasteiger partial charge in [-0.15, -0.1) is 0 Å². The Morgan fingerprint density at radius 2 is 1.86 bits per heavy atom. The quantitative estimate of drug-likeness (QED) is 0.734. The summed E-state index contributed by atoms with van der Waals surface area (Å²) >= 11 is 0. The first-order valence-electron chi connectivity index (χ1n) is 5.11. The van der Waals surface area contributed by atoms with Gasteiger partial charge < -0.3 is 5.73 Å². The van der Waals surface area contributed by atoms with Crippen molar-refractivity contribution >= 4 is 5.78 Å². The number of nitrogens with two attached hydrogens (primary N) is 1. The maximum atomic E-state index is 11.8. The van der Waals surface area contributed by atoms with Crippen molar-refractivity contribution in [3.8, 4) is 0 Å². The Kier molecular flexibility index (Phi) is 2.38. The summed E-state index contributed by atoms with van der Waals surface area (Å²) in [5, 5.41) is 0. The molecule has 1 aliphatic carbocycles. The first-order valence-corrected chi connectivity index (χ1v) is 5.11. The van der Waals surface area contributed by atoms with Gasteiger partial charge in [0.15, 0.2) is 5.78 Å². The van der Waals surface area contributed by atoms with Crippen molar-refractivity contribution in [2.45, 2.75) is 31.2 Å². The predicted molar refractivity (Wildman–Crippen MR) is 55.8 cm³/mol. The largest absolute Gasteiger partial charge is 0.315 e. The zero-order valence-electron chi connectivity index (χ0n) is 8.20. The van der Waals surface area contributed by atoms with Gasteiger partial charge in [-0.1, -0.05) is 36.8 Å². The smallest absolute Gasteiger partial charge is 0.157 e. The second-order valence-corrected chi connectivity index (χ2v) is 3.97. The maximum absolute atomic E-state index is 11.8. The monoisotopic (exact) mass is 189 g/mol. The maximum Gasteiger partial charge on any atom is 0.157 e. The SMILES string of the molecule is NC1(c2ccccc2)CCCCC1=O. The first kappa shape index (κ1) is 9.41. The van der Waals surface area contributed by atoms with Crippen LogP contribution in [0.5, 0.6) is 0 Å². The molecular weight excluding hydrogens is 174 g/mol. The van der Waals surface area contributed by atoms with Gasteiger partial charge in [0, 0.05) is 6.42 Å². The van der Waals surface area contributed by atoms with Crippen molar-refractivity contribution in [2.24, 2.45) is 5.73 Å². The minimum Gasteiger partial charge on any atom is -0.315 e. The van der Waals surface area contributed by atoms with Crippen LogP contribution < -0.4 is 5.73 Å². The molecule has 2 nitrogen and oxygen atoms in total. The Morgan fingerprint density at radius 3 is 2.50 bits per heavy atom. The Labute approximate surface area is 84.1 Å². The molecule has 1 aliphatic rings. The van der Waals surface area contributed by atoms with Gasteiger partial charge in [-0.3, -0.25) is 4.79 Å². The molecule has 1 aromatic carbocycles. The van der Waals surface area contributed by atoms with E-state index in [0.29, 0.717) is 6.42 Å². The second-order valence-electron chi connectivity index (χ2n) is 3.97. The molecule has 0 spiro atoms. The highest BCUT2D eigenvalue weighted by Gasteiger charge is 2.36. The van der Waals surface area contributed by atoms with Gasteiger partial charge in [-0.25, -0.2) is 0 Å². The van der Waals surface area contributed by atoms with Crippen LogP contribution in [0, 0.1) is 0 Å². The number of benzene rings is 1. The van der Waals surface area contributed by atoms with Gasteiger partial charge in [0.2, 0.25) is 0 Å². The molecule has 0 amide bonds. The molecule has 0 radical (unpaired) electrons. The highest BCUT2D eigenvalue weighted by atomic mass is 16.1. The summed E-state index contributed by atoms with van der Waals surface area (Å²) in [6.07, 6.45) is 3.46. The van der Waals surface area contributed by atoms with Crippen LogP contribution >= 0.6 is 0 Å². The van der Waals surface area contributed by atoms with Gasteiger partial charge in [0.05, 0.1) is 0 Å². The second kappa shape index (κ2) is 3.54. The lowest BCUT2D eigenvalue weighted by atomic mass is 9.76. The molecule has 1 fully saturated rings. The van der Waals surface area contributed by atoms with Crippen molar-refractivity contribution in [3.05, 3.63) is 35.9 Å². The molecule has 0 aliphatic heterocycles. The minimum absolute atomic E-state index is 0.190. The number of carbonyl (C=O) groups is 1. The molecule has 1 unspecified atom stereocenters. The Balaban J connectivity index is 2.35. The summed E-state index contributed by atoms with van der Waals surface area (Å²) < 4.78 is 0. The van der Waals surface area contributed by atoms with E-state index in [1.807, 2.05) is 30.3 Å². The summed E-state index contributed by atoms with van der Waals surface area (Å²) in [6, 6.07) is 9.71. The molecular formula is C12H15NO. The first-order chi connectivity index (χ1) is 6.73. The summed E-state index contributed by atoms with van der Waals surface area (Å²) in [4.78, 5) is 11.8. The van der Waals surface area contributed by atoms with Gasteiger partial charge >= 0.3 is 0 Å². The molecule has 2 heteroatoms. The summed E-state index contributed by atoms with van der Waals surface area (Å²) in [5.41, 5.74) is 6.43. The predicted octanol–water partition coefficient (Wildman–Crippen LogP) is 1.98. The van der Waals surface area contributed by atoms with Crippen LogP contribution in [-0.2, 0) is 10.3 Å². The van der Waals surface area contributed by atoms with Crippen molar-refractivity contribution < 1.29 is 4.79 Å². The van der Waals surface area contributed by atoms with Crippen molar-refractivity contribution in [1.29, 1.82) is 0 Å². The van der Waals surface area contributed by atoms with E-state index in [1.54, 1.807) is 0 Å². The molecule has 2 N–H and O–H groups in total. The van der Waals surface area contributed by atoms with Crippen LogP contribution in [0.4, 0.5) is 0 Å². The molecule has 74 valence electrons. The summed E-state index contributed by atoms with van der Waals surface area (Å²) in [5.74, 6) is 0.190. The number of carbonyl (C=O) groups excluding carboxylic acids is 1. The average molecular weight is 189 g/mol. The van der Waals surface area contributed by atoms with Gasteiger partial charge in [-0.05, 0) is 18.4 Å². The third-order valence-electron chi connectivity index (χ3n) is 3.01. The van der Waals surface area contributed by atoms with Crippen LogP contribution in [0.25, 0.3) is 0 Å². The lowest BCUT2D eigenvalue weighted by molar-refractivity contribution is -0.126. The topological polar surface area (TPSA) is 43.1 Å². The number of Topliss-reactive ketones (excluding diaryl/α,β-unsaturated/α-hetero) is 1. The third-order valence-corrected chi connectivity index (χ3v) is 3.01. The number of ketones is 1. The molecule has 0 saturated heterocycles. The highest BCUT2D eigenvalue weighted by Crippen LogP contribution is 2.31.